The van der Waals surface area contributed by atoms with E-state index in [0.717, 1.165) is 30.8 Å². The smallest absolute Gasteiger partial charge is 0.269 e. The molecule has 1 aliphatic heterocycles. The number of ether oxygens (including phenoxy) is 2. The molecular weight excluding hydrogens is 282 g/mol. The fourth-order valence-corrected chi connectivity index (χ4v) is 2.48. The Morgan fingerprint density at radius 3 is 3.18 bits per heavy atom. The fourth-order valence-electron chi connectivity index (χ4n) is 2.48. The van der Waals surface area contributed by atoms with Gasteiger partial charge in [0.25, 0.3) is 5.91 Å². The molecule has 6 heteroatoms. The van der Waals surface area contributed by atoms with E-state index in [1.807, 2.05) is 24.3 Å². The summed E-state index contributed by atoms with van der Waals surface area (Å²) in [5.41, 5.74) is 2.05. The summed E-state index contributed by atoms with van der Waals surface area (Å²) in [7, 11) is 1.62. The second-order valence-corrected chi connectivity index (χ2v) is 5.24. The number of nitrogens with zero attached hydrogens (tertiary/aromatic N) is 1. The predicted octanol–water partition coefficient (Wildman–Crippen LogP) is 1.99. The number of aromatic nitrogens is 2. The van der Waals surface area contributed by atoms with Crippen LogP contribution in [0.15, 0.2) is 30.3 Å². The van der Waals surface area contributed by atoms with E-state index in [1.165, 1.54) is 0 Å². The molecule has 0 radical (unpaired) electrons. The number of amides is 1. The molecule has 1 saturated heterocycles. The topological polar surface area (TPSA) is 76.2 Å². The number of methoxy groups -OCH3 is 1. The minimum atomic E-state index is -0.169. The molecule has 1 aromatic heterocycles. The average molecular weight is 301 g/mol. The van der Waals surface area contributed by atoms with Crippen molar-refractivity contribution < 1.29 is 14.3 Å². The largest absolute Gasteiger partial charge is 0.497 e. The molecule has 2 heterocycles. The molecule has 1 unspecified atom stereocenters. The molecule has 0 spiro atoms. The number of rotatable bonds is 5. The molecule has 1 aromatic carbocycles. The van der Waals surface area contributed by atoms with Crippen LogP contribution in [-0.2, 0) is 4.74 Å². The Morgan fingerprint density at radius 1 is 1.50 bits per heavy atom. The van der Waals surface area contributed by atoms with Crippen LogP contribution in [0.4, 0.5) is 0 Å². The molecule has 0 saturated carbocycles. The van der Waals surface area contributed by atoms with Crippen molar-refractivity contribution in [1.29, 1.82) is 0 Å². The molecule has 1 aliphatic rings. The van der Waals surface area contributed by atoms with E-state index in [9.17, 15) is 4.79 Å². The van der Waals surface area contributed by atoms with E-state index in [4.69, 9.17) is 9.47 Å². The van der Waals surface area contributed by atoms with E-state index in [0.29, 0.717) is 17.9 Å². The van der Waals surface area contributed by atoms with E-state index in [2.05, 4.69) is 15.5 Å². The lowest BCUT2D eigenvalue weighted by atomic mass is 10.1. The fraction of sp³-hybridized carbons (Fsp3) is 0.375. The van der Waals surface area contributed by atoms with E-state index < -0.39 is 0 Å². The second kappa shape index (κ2) is 6.62. The van der Waals surface area contributed by atoms with Crippen LogP contribution in [0.1, 0.15) is 23.3 Å². The molecule has 1 atom stereocenters. The number of benzene rings is 1. The summed E-state index contributed by atoms with van der Waals surface area (Å²) in [6.45, 7) is 1.32. The summed E-state index contributed by atoms with van der Waals surface area (Å²) in [6.07, 6.45) is 2.19. The first kappa shape index (κ1) is 14.6. The van der Waals surface area contributed by atoms with Crippen molar-refractivity contribution in [3.8, 4) is 17.0 Å². The first-order valence-corrected chi connectivity index (χ1v) is 7.36. The number of H-pyrrole nitrogens is 1. The molecule has 6 nitrogen and oxygen atoms in total. The quantitative estimate of drug-likeness (QED) is 0.885. The Hall–Kier alpha value is -2.34. The zero-order valence-electron chi connectivity index (χ0n) is 12.5. The Kier molecular flexibility index (Phi) is 4.39. The molecule has 0 aliphatic carbocycles. The monoisotopic (exact) mass is 301 g/mol. The van der Waals surface area contributed by atoms with Gasteiger partial charge in [-0.05, 0) is 31.0 Å². The predicted molar refractivity (Wildman–Crippen MR) is 81.9 cm³/mol. The van der Waals surface area contributed by atoms with Gasteiger partial charge < -0.3 is 14.8 Å². The molecule has 1 amide bonds. The third kappa shape index (κ3) is 3.28. The highest BCUT2D eigenvalue weighted by Gasteiger charge is 2.17. The third-order valence-corrected chi connectivity index (χ3v) is 3.70. The van der Waals surface area contributed by atoms with Crippen molar-refractivity contribution in [1.82, 2.24) is 15.5 Å². The van der Waals surface area contributed by atoms with Gasteiger partial charge in [-0.2, -0.15) is 5.10 Å². The highest BCUT2D eigenvalue weighted by atomic mass is 16.5. The summed E-state index contributed by atoms with van der Waals surface area (Å²) >= 11 is 0. The van der Waals surface area contributed by atoms with Gasteiger partial charge in [0.2, 0.25) is 0 Å². The summed E-state index contributed by atoms with van der Waals surface area (Å²) in [5.74, 6) is 0.585. The highest BCUT2D eigenvalue weighted by molar-refractivity contribution is 5.93. The number of aromatic amines is 1. The summed E-state index contributed by atoms with van der Waals surface area (Å²) < 4.78 is 10.7. The van der Waals surface area contributed by atoms with Crippen LogP contribution < -0.4 is 10.1 Å². The first-order chi connectivity index (χ1) is 10.8. The van der Waals surface area contributed by atoms with E-state index >= 15 is 0 Å². The third-order valence-electron chi connectivity index (χ3n) is 3.70. The van der Waals surface area contributed by atoms with E-state index in [1.54, 1.807) is 13.2 Å². The van der Waals surface area contributed by atoms with Crippen molar-refractivity contribution in [2.75, 3.05) is 20.3 Å². The van der Waals surface area contributed by atoms with Crippen LogP contribution in [-0.4, -0.2) is 42.5 Å². The molecule has 0 bridgehead atoms. The molecule has 3 rings (SSSR count). The zero-order chi connectivity index (χ0) is 15.4. The molecule has 1 fully saturated rings. The maximum Gasteiger partial charge on any atom is 0.269 e. The molecule has 22 heavy (non-hydrogen) atoms. The maximum atomic E-state index is 12.1. The van der Waals surface area contributed by atoms with Crippen LogP contribution >= 0.6 is 0 Å². The Bertz CT molecular complexity index is 648. The average Bonchev–Trinajstić information content (AvgIpc) is 3.24. The number of hydrogen-bond donors (Lipinski definition) is 2. The number of carbonyl (C=O) groups is 1. The second-order valence-electron chi connectivity index (χ2n) is 5.24. The standard InChI is InChI=1S/C16H19N3O3/c1-21-12-5-2-4-11(8-12)14-9-15(19-18-14)16(20)17-10-13-6-3-7-22-13/h2,4-5,8-9,13H,3,6-7,10H2,1H3,(H,17,20)(H,18,19). The van der Waals surface area contributed by atoms with Gasteiger partial charge in [-0.25, -0.2) is 0 Å². The highest BCUT2D eigenvalue weighted by Crippen LogP contribution is 2.22. The van der Waals surface area contributed by atoms with Crippen LogP contribution in [0.3, 0.4) is 0 Å². The van der Waals surface area contributed by atoms with Gasteiger partial charge in [-0.1, -0.05) is 12.1 Å². The van der Waals surface area contributed by atoms with Crippen molar-refractivity contribution in [2.45, 2.75) is 18.9 Å². The lowest BCUT2D eigenvalue weighted by Gasteiger charge is -2.09. The minimum Gasteiger partial charge on any atom is -0.497 e. The Morgan fingerprint density at radius 2 is 2.41 bits per heavy atom. The van der Waals surface area contributed by atoms with Crippen LogP contribution in [0.5, 0.6) is 5.75 Å². The van der Waals surface area contributed by atoms with E-state index in [-0.39, 0.29) is 12.0 Å². The maximum absolute atomic E-state index is 12.1. The number of carbonyl (C=O) groups excluding carboxylic acids is 1. The Balaban J connectivity index is 1.65. The summed E-state index contributed by atoms with van der Waals surface area (Å²) in [5, 5.41) is 9.83. The van der Waals surface area contributed by atoms with Gasteiger partial charge in [-0.3, -0.25) is 9.89 Å². The van der Waals surface area contributed by atoms with Crippen LogP contribution in [0, 0.1) is 0 Å². The lowest BCUT2D eigenvalue weighted by Crippen LogP contribution is -2.31. The minimum absolute atomic E-state index is 0.129. The van der Waals surface area contributed by atoms with Crippen molar-refractivity contribution >= 4 is 5.91 Å². The van der Waals surface area contributed by atoms with Gasteiger partial charge in [-0.15, -0.1) is 0 Å². The van der Waals surface area contributed by atoms with Gasteiger partial charge >= 0.3 is 0 Å². The van der Waals surface area contributed by atoms with Crippen LogP contribution in [0.25, 0.3) is 11.3 Å². The van der Waals surface area contributed by atoms with Gasteiger partial charge in [0.05, 0.1) is 18.9 Å². The summed E-state index contributed by atoms with van der Waals surface area (Å²) in [4.78, 5) is 12.1. The SMILES string of the molecule is COc1cccc(-c2cc(C(=O)NCC3CCCO3)[nH]n2)c1. The zero-order valence-corrected chi connectivity index (χ0v) is 12.5. The van der Waals surface area contributed by atoms with Crippen molar-refractivity contribution in [3.05, 3.63) is 36.0 Å². The van der Waals surface area contributed by atoms with Crippen molar-refractivity contribution in [2.24, 2.45) is 0 Å². The first-order valence-electron chi connectivity index (χ1n) is 7.36. The van der Waals surface area contributed by atoms with Crippen molar-refractivity contribution in [3.63, 3.8) is 0 Å². The number of hydrogen-bond acceptors (Lipinski definition) is 4. The van der Waals surface area contributed by atoms with Gasteiger partial charge in [0, 0.05) is 18.7 Å². The lowest BCUT2D eigenvalue weighted by molar-refractivity contribution is 0.0853. The summed E-state index contributed by atoms with van der Waals surface area (Å²) in [6, 6.07) is 9.29. The molecule has 2 N–H and O–H groups in total. The normalized spacial score (nSPS) is 17.4. The van der Waals surface area contributed by atoms with Gasteiger partial charge in [0.1, 0.15) is 11.4 Å². The number of nitrogens with one attached hydrogen (secondary N) is 2. The van der Waals surface area contributed by atoms with Crippen LogP contribution in [0.2, 0.25) is 0 Å². The molecule has 2 aromatic rings. The Labute approximate surface area is 128 Å². The van der Waals surface area contributed by atoms with Gasteiger partial charge in [0.15, 0.2) is 0 Å². The molecule has 116 valence electrons. The molecular formula is C16H19N3O3.